The molecule has 0 bridgehead atoms. The molecule has 0 saturated carbocycles. The van der Waals surface area contributed by atoms with Gasteiger partial charge in [-0.25, -0.2) is 0 Å². The molecule has 1 aromatic heterocycles. The second kappa shape index (κ2) is 8.69. The van der Waals surface area contributed by atoms with E-state index in [1.54, 1.807) is 6.92 Å². The summed E-state index contributed by atoms with van der Waals surface area (Å²) in [5.41, 5.74) is 4.25. The molecule has 0 radical (unpaired) electrons. The minimum atomic E-state index is 0.180. The van der Waals surface area contributed by atoms with Gasteiger partial charge >= 0.3 is 0 Å². The Bertz CT molecular complexity index is 821. The standard InChI is InChI=1S/C24H37N3O/c1-6-7-15-24(3,4)25-16-10-13-22-23-20(14-17-27(22)18(2)28)19-11-8-9-12-21(19)26(23)5/h8-9,11-12,22,25H,6-7,10,13-17H2,1-5H3. The van der Waals surface area contributed by atoms with Crippen LogP contribution in [0, 0.1) is 0 Å². The van der Waals surface area contributed by atoms with Crippen molar-refractivity contribution in [3.63, 3.8) is 0 Å². The first-order valence-corrected chi connectivity index (χ1v) is 10.9. The smallest absolute Gasteiger partial charge is 0.220 e. The van der Waals surface area contributed by atoms with E-state index in [0.29, 0.717) is 0 Å². The zero-order valence-corrected chi connectivity index (χ0v) is 18.3. The van der Waals surface area contributed by atoms with E-state index in [9.17, 15) is 4.79 Å². The number of benzene rings is 1. The van der Waals surface area contributed by atoms with Gasteiger partial charge in [-0.3, -0.25) is 4.79 Å². The average molecular weight is 384 g/mol. The lowest BCUT2D eigenvalue weighted by Gasteiger charge is -2.36. The van der Waals surface area contributed by atoms with Crippen molar-refractivity contribution in [2.45, 2.75) is 77.8 Å². The van der Waals surface area contributed by atoms with Crippen molar-refractivity contribution >= 4 is 16.8 Å². The van der Waals surface area contributed by atoms with Crippen molar-refractivity contribution in [3.05, 3.63) is 35.5 Å². The van der Waals surface area contributed by atoms with Gasteiger partial charge in [0.1, 0.15) is 0 Å². The summed E-state index contributed by atoms with van der Waals surface area (Å²) in [5, 5.41) is 5.09. The number of carbonyl (C=O) groups excluding carboxylic acids is 1. The number of rotatable bonds is 8. The summed E-state index contributed by atoms with van der Waals surface area (Å²) in [5.74, 6) is 0.192. The number of nitrogens with zero attached hydrogens (tertiary/aromatic N) is 2. The van der Waals surface area contributed by atoms with Gasteiger partial charge in [-0.05, 0) is 57.7 Å². The maximum Gasteiger partial charge on any atom is 0.220 e. The van der Waals surface area contributed by atoms with Crippen LogP contribution in [0.2, 0.25) is 0 Å². The first-order chi connectivity index (χ1) is 13.4. The number of nitrogens with one attached hydrogen (secondary N) is 1. The minimum Gasteiger partial charge on any atom is -0.346 e. The molecule has 0 spiro atoms. The Hall–Kier alpha value is -1.81. The van der Waals surface area contributed by atoms with E-state index in [1.807, 2.05) is 0 Å². The van der Waals surface area contributed by atoms with Crippen molar-refractivity contribution < 1.29 is 4.79 Å². The number of carbonyl (C=O) groups is 1. The van der Waals surface area contributed by atoms with Crippen molar-refractivity contribution in [3.8, 4) is 0 Å². The van der Waals surface area contributed by atoms with Crippen molar-refractivity contribution in [2.75, 3.05) is 13.1 Å². The largest absolute Gasteiger partial charge is 0.346 e. The fraction of sp³-hybridized carbons (Fsp3) is 0.625. The summed E-state index contributed by atoms with van der Waals surface area (Å²) in [6, 6.07) is 8.83. The van der Waals surface area contributed by atoms with Gasteiger partial charge in [0, 0.05) is 42.7 Å². The number of unbranched alkanes of at least 4 members (excludes halogenated alkanes) is 1. The number of amides is 1. The molecule has 154 valence electrons. The number of aryl methyl sites for hydroxylation is 1. The van der Waals surface area contributed by atoms with E-state index >= 15 is 0 Å². The number of aromatic nitrogens is 1. The summed E-state index contributed by atoms with van der Waals surface area (Å²) in [6.45, 7) is 10.4. The molecular formula is C24H37N3O. The Morgan fingerprint density at radius 1 is 1.25 bits per heavy atom. The highest BCUT2D eigenvalue weighted by Gasteiger charge is 2.33. The molecule has 1 N–H and O–H groups in total. The van der Waals surface area contributed by atoms with E-state index in [0.717, 1.165) is 32.4 Å². The summed E-state index contributed by atoms with van der Waals surface area (Å²) in [6.07, 6.45) is 6.75. The Morgan fingerprint density at radius 2 is 2.00 bits per heavy atom. The fourth-order valence-electron chi connectivity index (χ4n) is 4.81. The second-order valence-corrected chi connectivity index (χ2v) is 8.97. The van der Waals surface area contributed by atoms with Gasteiger partial charge in [-0.15, -0.1) is 0 Å². The van der Waals surface area contributed by atoms with E-state index in [1.165, 1.54) is 41.4 Å². The summed E-state index contributed by atoms with van der Waals surface area (Å²) >= 11 is 0. The predicted molar refractivity (Wildman–Crippen MR) is 118 cm³/mol. The number of hydrogen-bond acceptors (Lipinski definition) is 2. The lowest BCUT2D eigenvalue weighted by Crippen LogP contribution is -2.41. The van der Waals surface area contributed by atoms with Crippen LogP contribution in [0.1, 0.15) is 77.1 Å². The molecule has 1 aromatic carbocycles. The highest BCUT2D eigenvalue weighted by molar-refractivity contribution is 5.86. The normalized spacial score (nSPS) is 17.2. The molecule has 1 unspecified atom stereocenters. The zero-order chi connectivity index (χ0) is 20.3. The van der Waals surface area contributed by atoms with Gasteiger partial charge in [0.25, 0.3) is 0 Å². The molecule has 2 heterocycles. The lowest BCUT2D eigenvalue weighted by molar-refractivity contribution is -0.132. The summed E-state index contributed by atoms with van der Waals surface area (Å²) in [7, 11) is 2.16. The average Bonchev–Trinajstić information content (AvgIpc) is 2.96. The third-order valence-corrected chi connectivity index (χ3v) is 6.37. The third kappa shape index (κ3) is 4.27. The maximum absolute atomic E-state index is 12.4. The van der Waals surface area contributed by atoms with Gasteiger partial charge < -0.3 is 14.8 Å². The van der Waals surface area contributed by atoms with Crippen LogP contribution < -0.4 is 5.32 Å². The lowest BCUT2D eigenvalue weighted by atomic mass is 9.93. The zero-order valence-electron chi connectivity index (χ0n) is 18.3. The molecule has 1 aliphatic rings. The van der Waals surface area contributed by atoms with Crippen molar-refractivity contribution in [1.82, 2.24) is 14.8 Å². The molecule has 28 heavy (non-hydrogen) atoms. The quantitative estimate of drug-likeness (QED) is 0.654. The van der Waals surface area contributed by atoms with Gasteiger partial charge in [-0.1, -0.05) is 38.0 Å². The van der Waals surface area contributed by atoms with Crippen molar-refractivity contribution in [1.29, 1.82) is 0 Å². The van der Waals surface area contributed by atoms with Crippen LogP contribution in [0.4, 0.5) is 0 Å². The topological polar surface area (TPSA) is 37.3 Å². The molecule has 4 heteroatoms. The number of fused-ring (bicyclic) bond motifs is 3. The molecule has 3 rings (SSSR count). The molecule has 1 atom stereocenters. The summed E-state index contributed by atoms with van der Waals surface area (Å²) in [4.78, 5) is 14.4. The molecule has 4 nitrogen and oxygen atoms in total. The molecule has 2 aromatic rings. The third-order valence-electron chi connectivity index (χ3n) is 6.37. The molecular weight excluding hydrogens is 346 g/mol. The molecule has 1 aliphatic heterocycles. The van der Waals surface area contributed by atoms with Gasteiger partial charge in [0.05, 0.1) is 6.04 Å². The number of para-hydroxylation sites is 1. The Morgan fingerprint density at radius 3 is 2.71 bits per heavy atom. The monoisotopic (exact) mass is 383 g/mol. The van der Waals surface area contributed by atoms with Crippen LogP contribution in [0.15, 0.2) is 24.3 Å². The van der Waals surface area contributed by atoms with Gasteiger partial charge in [0.15, 0.2) is 0 Å². The maximum atomic E-state index is 12.4. The highest BCUT2D eigenvalue weighted by atomic mass is 16.2. The van der Waals surface area contributed by atoms with Crippen LogP contribution in [0.25, 0.3) is 10.9 Å². The number of hydrogen-bond donors (Lipinski definition) is 1. The molecule has 0 fully saturated rings. The van der Waals surface area contributed by atoms with Crippen LogP contribution >= 0.6 is 0 Å². The summed E-state index contributed by atoms with van der Waals surface area (Å²) < 4.78 is 2.32. The van der Waals surface area contributed by atoms with E-state index in [-0.39, 0.29) is 17.5 Å². The highest BCUT2D eigenvalue weighted by Crippen LogP contribution is 2.38. The first kappa shape index (κ1) is 20.9. The SMILES string of the molecule is CCCCC(C)(C)NCCCC1c2c(c3ccccc3n2C)CCN1C(C)=O. The van der Waals surface area contributed by atoms with E-state index < -0.39 is 0 Å². The Labute approximate surface area is 170 Å². The molecule has 1 amide bonds. The Kier molecular flexibility index (Phi) is 6.49. The van der Waals surface area contributed by atoms with Gasteiger partial charge in [0.2, 0.25) is 5.91 Å². The predicted octanol–water partition coefficient (Wildman–Crippen LogP) is 4.96. The van der Waals surface area contributed by atoms with Crippen LogP contribution in [0.3, 0.4) is 0 Å². The van der Waals surface area contributed by atoms with Gasteiger partial charge in [-0.2, -0.15) is 0 Å². The van der Waals surface area contributed by atoms with Crippen LogP contribution in [0.5, 0.6) is 0 Å². The van der Waals surface area contributed by atoms with E-state index in [2.05, 4.69) is 66.9 Å². The second-order valence-electron chi connectivity index (χ2n) is 8.97. The van der Waals surface area contributed by atoms with Crippen LogP contribution in [-0.4, -0.2) is 34.0 Å². The Balaban J connectivity index is 1.76. The van der Waals surface area contributed by atoms with E-state index in [4.69, 9.17) is 0 Å². The molecule has 0 aliphatic carbocycles. The molecule has 0 saturated heterocycles. The minimum absolute atomic E-state index is 0.180. The van der Waals surface area contributed by atoms with Crippen LogP contribution in [-0.2, 0) is 18.3 Å². The first-order valence-electron chi connectivity index (χ1n) is 10.9. The van der Waals surface area contributed by atoms with Crippen molar-refractivity contribution in [2.24, 2.45) is 7.05 Å². The fourth-order valence-corrected chi connectivity index (χ4v) is 4.81.